The third-order valence-electron chi connectivity index (χ3n) is 3.79. The van der Waals surface area contributed by atoms with E-state index in [0.29, 0.717) is 5.41 Å². The second-order valence-electron chi connectivity index (χ2n) is 4.99. The van der Waals surface area contributed by atoms with Crippen LogP contribution in [0.25, 0.3) is 0 Å². The lowest BCUT2D eigenvalue weighted by Gasteiger charge is -2.26. The minimum Gasteiger partial charge on any atom is -0.384 e. The predicted molar refractivity (Wildman–Crippen MR) is 74.3 cm³/mol. The monoisotopic (exact) mass is 297 g/mol. The summed E-state index contributed by atoms with van der Waals surface area (Å²) in [4.78, 5) is 1.41. The highest BCUT2D eigenvalue weighted by Crippen LogP contribution is 2.46. The molecule has 1 aromatic rings. The molecule has 86 valence electrons. The van der Waals surface area contributed by atoms with Crippen LogP contribution in [0.5, 0.6) is 0 Å². The number of thioether (sulfide) groups is 1. The van der Waals surface area contributed by atoms with Gasteiger partial charge in [0.1, 0.15) is 0 Å². The molecule has 2 aliphatic rings. The lowest BCUT2D eigenvalue weighted by atomic mass is 9.88. The van der Waals surface area contributed by atoms with Gasteiger partial charge in [0.15, 0.2) is 0 Å². The molecule has 0 amide bonds. The Morgan fingerprint density at radius 1 is 1.25 bits per heavy atom. The highest BCUT2D eigenvalue weighted by atomic mass is 79.9. The molecule has 3 rings (SSSR count). The maximum atomic E-state index is 3.65. The van der Waals surface area contributed by atoms with Gasteiger partial charge in [-0.3, -0.25) is 0 Å². The van der Waals surface area contributed by atoms with E-state index in [4.69, 9.17) is 0 Å². The van der Waals surface area contributed by atoms with E-state index in [2.05, 4.69) is 39.4 Å². The first kappa shape index (κ1) is 11.0. The molecular formula is C13H16BrNS. The summed E-state index contributed by atoms with van der Waals surface area (Å²) >= 11 is 5.57. The fourth-order valence-electron chi connectivity index (χ4n) is 2.78. The molecule has 0 saturated heterocycles. The summed E-state index contributed by atoms with van der Waals surface area (Å²) in [6.07, 6.45) is 5.65. The van der Waals surface area contributed by atoms with E-state index in [1.54, 1.807) is 0 Å². The van der Waals surface area contributed by atoms with Gasteiger partial charge in [0.25, 0.3) is 0 Å². The molecule has 3 heteroatoms. The number of nitrogens with one attached hydrogen (secondary N) is 1. The molecule has 0 aromatic heterocycles. The summed E-state index contributed by atoms with van der Waals surface area (Å²) in [5.74, 6) is 1.29. The van der Waals surface area contributed by atoms with Crippen LogP contribution in [-0.2, 0) is 0 Å². The van der Waals surface area contributed by atoms with Gasteiger partial charge in [-0.15, -0.1) is 11.8 Å². The Kier molecular flexibility index (Phi) is 2.92. The maximum absolute atomic E-state index is 3.65. The molecule has 0 radical (unpaired) electrons. The van der Waals surface area contributed by atoms with E-state index >= 15 is 0 Å². The first-order chi connectivity index (χ1) is 7.77. The molecule has 1 saturated carbocycles. The summed E-state index contributed by atoms with van der Waals surface area (Å²) in [5.41, 5.74) is 1.87. The van der Waals surface area contributed by atoms with Crippen LogP contribution < -0.4 is 5.32 Å². The van der Waals surface area contributed by atoms with Crippen molar-refractivity contribution >= 4 is 33.4 Å². The number of fused-ring (bicyclic) bond motifs is 1. The Bertz CT molecular complexity index is 399. The Balaban J connectivity index is 1.86. The molecule has 1 nitrogen and oxygen atoms in total. The molecule has 0 unspecified atom stereocenters. The molecule has 1 aliphatic heterocycles. The number of hydrogen-bond acceptors (Lipinski definition) is 2. The van der Waals surface area contributed by atoms with Gasteiger partial charge in [-0.1, -0.05) is 28.8 Å². The highest BCUT2D eigenvalue weighted by Gasteiger charge is 2.35. The van der Waals surface area contributed by atoms with E-state index in [0.717, 1.165) is 6.54 Å². The van der Waals surface area contributed by atoms with Crippen molar-refractivity contribution in [1.29, 1.82) is 0 Å². The summed E-state index contributed by atoms with van der Waals surface area (Å²) in [5, 5.41) is 3.65. The molecular weight excluding hydrogens is 282 g/mol. The zero-order valence-corrected chi connectivity index (χ0v) is 11.7. The second kappa shape index (κ2) is 4.26. The van der Waals surface area contributed by atoms with Crippen molar-refractivity contribution in [2.45, 2.75) is 30.6 Å². The SMILES string of the molecule is Brc1ccc2c(c1)NCC1(CCCC1)CS2. The van der Waals surface area contributed by atoms with Crippen molar-refractivity contribution < 1.29 is 0 Å². The molecule has 1 aliphatic carbocycles. The molecule has 1 spiro atoms. The fourth-order valence-corrected chi connectivity index (χ4v) is 4.44. The van der Waals surface area contributed by atoms with Crippen LogP contribution in [0.4, 0.5) is 5.69 Å². The third kappa shape index (κ3) is 2.00. The van der Waals surface area contributed by atoms with Crippen molar-refractivity contribution in [2.75, 3.05) is 17.6 Å². The molecule has 1 heterocycles. The molecule has 0 bridgehead atoms. The van der Waals surface area contributed by atoms with Crippen LogP contribution in [0.1, 0.15) is 25.7 Å². The average Bonchev–Trinajstić information content (AvgIpc) is 2.66. The Labute approximate surface area is 110 Å². The summed E-state index contributed by atoms with van der Waals surface area (Å²) in [6.45, 7) is 1.16. The Hall–Kier alpha value is -0.150. The molecule has 1 fully saturated rings. The second-order valence-corrected chi connectivity index (χ2v) is 6.92. The van der Waals surface area contributed by atoms with Crippen molar-refractivity contribution in [3.05, 3.63) is 22.7 Å². The van der Waals surface area contributed by atoms with Crippen LogP contribution in [0.3, 0.4) is 0 Å². The van der Waals surface area contributed by atoms with Crippen molar-refractivity contribution in [2.24, 2.45) is 5.41 Å². The number of hydrogen-bond donors (Lipinski definition) is 1. The van der Waals surface area contributed by atoms with Gasteiger partial charge in [-0.05, 0) is 36.5 Å². The van der Waals surface area contributed by atoms with Gasteiger partial charge in [0.05, 0.1) is 0 Å². The molecule has 16 heavy (non-hydrogen) atoms. The van der Waals surface area contributed by atoms with Gasteiger partial charge < -0.3 is 5.32 Å². The standard InChI is InChI=1S/C13H16BrNS/c14-10-3-4-12-11(7-10)15-8-13(9-16-12)5-1-2-6-13/h3-4,7,15H,1-2,5-6,8-9H2. The number of anilines is 1. The van der Waals surface area contributed by atoms with Gasteiger partial charge >= 0.3 is 0 Å². The number of benzene rings is 1. The number of halogens is 1. The first-order valence-electron chi connectivity index (χ1n) is 5.94. The molecule has 1 aromatic carbocycles. The largest absolute Gasteiger partial charge is 0.384 e. The zero-order valence-electron chi connectivity index (χ0n) is 9.26. The average molecular weight is 298 g/mol. The van der Waals surface area contributed by atoms with Gasteiger partial charge in [0, 0.05) is 27.4 Å². The highest BCUT2D eigenvalue weighted by molar-refractivity contribution is 9.10. The van der Waals surface area contributed by atoms with Crippen LogP contribution >= 0.6 is 27.7 Å². The van der Waals surface area contributed by atoms with Crippen LogP contribution in [0.15, 0.2) is 27.6 Å². The van der Waals surface area contributed by atoms with Crippen LogP contribution in [0.2, 0.25) is 0 Å². The first-order valence-corrected chi connectivity index (χ1v) is 7.72. The molecule has 0 atom stereocenters. The quantitative estimate of drug-likeness (QED) is 0.755. The van der Waals surface area contributed by atoms with Gasteiger partial charge in [-0.2, -0.15) is 0 Å². The van der Waals surface area contributed by atoms with Crippen molar-refractivity contribution in [1.82, 2.24) is 0 Å². The van der Waals surface area contributed by atoms with Crippen molar-refractivity contribution in [3.63, 3.8) is 0 Å². The minimum absolute atomic E-state index is 0.566. The summed E-state index contributed by atoms with van der Waals surface area (Å²) in [7, 11) is 0. The van der Waals surface area contributed by atoms with Crippen molar-refractivity contribution in [3.8, 4) is 0 Å². The third-order valence-corrected chi connectivity index (χ3v) is 5.71. The fraction of sp³-hybridized carbons (Fsp3) is 0.538. The van der Waals surface area contributed by atoms with E-state index in [1.165, 1.54) is 46.5 Å². The lowest BCUT2D eigenvalue weighted by Crippen LogP contribution is -2.27. The van der Waals surface area contributed by atoms with E-state index in [-0.39, 0.29) is 0 Å². The normalized spacial score (nSPS) is 22.6. The number of rotatable bonds is 0. The van der Waals surface area contributed by atoms with Crippen LogP contribution in [-0.4, -0.2) is 12.3 Å². The minimum atomic E-state index is 0.566. The summed E-state index contributed by atoms with van der Waals surface area (Å²) in [6, 6.07) is 6.57. The van der Waals surface area contributed by atoms with Gasteiger partial charge in [-0.25, -0.2) is 0 Å². The summed E-state index contributed by atoms with van der Waals surface area (Å²) < 4.78 is 1.17. The lowest BCUT2D eigenvalue weighted by molar-refractivity contribution is 0.373. The Morgan fingerprint density at radius 3 is 2.88 bits per heavy atom. The van der Waals surface area contributed by atoms with Crippen LogP contribution in [0, 0.1) is 5.41 Å². The predicted octanol–water partition coefficient (Wildman–Crippen LogP) is 4.53. The van der Waals surface area contributed by atoms with E-state index in [9.17, 15) is 0 Å². The smallest absolute Gasteiger partial charge is 0.0489 e. The Morgan fingerprint density at radius 2 is 2.06 bits per heavy atom. The molecule has 1 N–H and O–H groups in total. The topological polar surface area (TPSA) is 12.0 Å². The maximum Gasteiger partial charge on any atom is 0.0489 e. The zero-order chi connectivity index (χ0) is 11.0. The van der Waals surface area contributed by atoms with Gasteiger partial charge in [0.2, 0.25) is 0 Å². The van der Waals surface area contributed by atoms with E-state index in [1.807, 2.05) is 11.8 Å². The van der Waals surface area contributed by atoms with E-state index < -0.39 is 0 Å².